The van der Waals surface area contributed by atoms with Crippen molar-refractivity contribution < 1.29 is 22.7 Å². The summed E-state index contributed by atoms with van der Waals surface area (Å²) in [6.07, 6.45) is -4.77. The Morgan fingerprint density at radius 1 is 1.31 bits per heavy atom. The molecule has 1 aromatic rings. The minimum Gasteiger partial charge on any atom is -0.396 e. The van der Waals surface area contributed by atoms with Gasteiger partial charge in [-0.05, 0) is 18.6 Å². The molecular formula is C10H11F4NO. The number of halogens is 4. The van der Waals surface area contributed by atoms with Gasteiger partial charge in [0.1, 0.15) is 5.82 Å². The molecule has 90 valence electrons. The van der Waals surface area contributed by atoms with Gasteiger partial charge in [-0.2, -0.15) is 13.2 Å². The Bertz CT molecular complexity index is 364. The molecule has 6 heteroatoms. The number of alkyl halides is 3. The normalized spacial score (nSPS) is 13.9. The average molecular weight is 237 g/mol. The number of rotatable bonds is 3. The second-order valence-electron chi connectivity index (χ2n) is 3.32. The molecule has 2 nitrogen and oxygen atoms in total. The molecule has 1 rings (SSSR count). The molecule has 0 fully saturated rings. The van der Waals surface area contributed by atoms with Gasteiger partial charge < -0.3 is 10.8 Å². The first-order valence-electron chi connectivity index (χ1n) is 4.60. The van der Waals surface area contributed by atoms with Crippen molar-refractivity contribution in [2.24, 2.45) is 5.73 Å². The van der Waals surface area contributed by atoms with Crippen LogP contribution in [0.5, 0.6) is 0 Å². The van der Waals surface area contributed by atoms with E-state index in [9.17, 15) is 17.6 Å². The molecule has 0 spiro atoms. The van der Waals surface area contributed by atoms with Crippen LogP contribution in [-0.2, 0) is 6.18 Å². The van der Waals surface area contributed by atoms with Crippen molar-refractivity contribution in [3.8, 4) is 0 Å². The van der Waals surface area contributed by atoms with E-state index in [1.165, 1.54) is 0 Å². The monoisotopic (exact) mass is 237 g/mol. The summed E-state index contributed by atoms with van der Waals surface area (Å²) < 4.78 is 50.9. The smallest absolute Gasteiger partial charge is 0.396 e. The van der Waals surface area contributed by atoms with Crippen LogP contribution < -0.4 is 5.73 Å². The number of aliphatic hydroxyl groups excluding tert-OH is 1. The molecule has 3 N–H and O–H groups in total. The third-order valence-electron chi connectivity index (χ3n) is 2.17. The van der Waals surface area contributed by atoms with Crippen molar-refractivity contribution >= 4 is 0 Å². The van der Waals surface area contributed by atoms with E-state index in [2.05, 4.69) is 0 Å². The van der Waals surface area contributed by atoms with Crippen LogP contribution in [0.2, 0.25) is 0 Å². The summed E-state index contributed by atoms with van der Waals surface area (Å²) in [4.78, 5) is 0. The molecule has 0 aliphatic rings. The van der Waals surface area contributed by atoms with Gasteiger partial charge in [0.25, 0.3) is 0 Å². The summed E-state index contributed by atoms with van der Waals surface area (Å²) >= 11 is 0. The van der Waals surface area contributed by atoms with Crippen molar-refractivity contribution in [3.63, 3.8) is 0 Å². The second-order valence-corrected chi connectivity index (χ2v) is 3.32. The largest absolute Gasteiger partial charge is 0.416 e. The zero-order valence-electron chi connectivity index (χ0n) is 8.26. The maximum Gasteiger partial charge on any atom is 0.416 e. The van der Waals surface area contributed by atoms with Crippen molar-refractivity contribution in [1.82, 2.24) is 0 Å². The lowest BCUT2D eigenvalue weighted by Crippen LogP contribution is -2.20. The van der Waals surface area contributed by atoms with Crippen LogP contribution in [0, 0.1) is 5.82 Å². The van der Waals surface area contributed by atoms with E-state index < -0.39 is 35.8 Å². The molecule has 0 aliphatic heterocycles. The molecule has 1 unspecified atom stereocenters. The highest BCUT2D eigenvalue weighted by atomic mass is 19.4. The molecule has 0 saturated carbocycles. The molecular weight excluding hydrogens is 226 g/mol. The Labute approximate surface area is 89.7 Å². The van der Waals surface area contributed by atoms with Gasteiger partial charge in [0.05, 0.1) is 5.56 Å². The van der Waals surface area contributed by atoms with Gasteiger partial charge in [0.2, 0.25) is 0 Å². The fourth-order valence-corrected chi connectivity index (χ4v) is 1.44. The third kappa shape index (κ3) is 2.70. The number of benzene rings is 1. The van der Waals surface area contributed by atoms with E-state index in [0.29, 0.717) is 0 Å². The Morgan fingerprint density at radius 2 is 1.94 bits per heavy atom. The van der Waals surface area contributed by atoms with Crippen LogP contribution in [0.25, 0.3) is 0 Å². The number of aliphatic hydroxyl groups is 1. The lowest BCUT2D eigenvalue weighted by Gasteiger charge is -2.18. The van der Waals surface area contributed by atoms with Gasteiger partial charge >= 0.3 is 6.18 Å². The molecule has 0 amide bonds. The lowest BCUT2D eigenvalue weighted by atomic mass is 9.98. The molecule has 0 saturated heterocycles. The molecule has 0 aliphatic carbocycles. The highest BCUT2D eigenvalue weighted by Crippen LogP contribution is 2.35. The fourth-order valence-electron chi connectivity index (χ4n) is 1.44. The first kappa shape index (κ1) is 12.9. The SMILES string of the molecule is NC(CCO)c1c(F)cccc1C(F)(F)F. The van der Waals surface area contributed by atoms with Crippen LogP contribution in [0.15, 0.2) is 18.2 Å². The van der Waals surface area contributed by atoms with Crippen molar-refractivity contribution in [2.75, 3.05) is 6.61 Å². The molecule has 1 aromatic carbocycles. The van der Waals surface area contributed by atoms with Gasteiger partial charge in [-0.15, -0.1) is 0 Å². The van der Waals surface area contributed by atoms with Crippen LogP contribution in [-0.4, -0.2) is 11.7 Å². The summed E-state index contributed by atoms with van der Waals surface area (Å²) in [5, 5.41) is 8.60. The van der Waals surface area contributed by atoms with E-state index in [1.54, 1.807) is 0 Å². The van der Waals surface area contributed by atoms with Gasteiger partial charge in [-0.25, -0.2) is 4.39 Å². The minimum atomic E-state index is -4.65. The predicted octanol–water partition coefficient (Wildman–Crippen LogP) is 2.23. The summed E-state index contributed by atoms with van der Waals surface area (Å²) in [5.41, 5.74) is 3.72. The summed E-state index contributed by atoms with van der Waals surface area (Å²) in [6.45, 7) is -0.396. The van der Waals surface area contributed by atoms with E-state index in [-0.39, 0.29) is 6.42 Å². The highest BCUT2D eigenvalue weighted by molar-refractivity contribution is 5.33. The van der Waals surface area contributed by atoms with Crippen LogP contribution in [0.4, 0.5) is 17.6 Å². The molecule has 0 radical (unpaired) electrons. The number of hydrogen-bond donors (Lipinski definition) is 2. The summed E-state index contributed by atoms with van der Waals surface area (Å²) in [7, 11) is 0. The summed E-state index contributed by atoms with van der Waals surface area (Å²) in [5.74, 6) is -1.00. The van der Waals surface area contributed by atoms with Crippen molar-refractivity contribution in [1.29, 1.82) is 0 Å². The molecule has 0 aromatic heterocycles. The van der Waals surface area contributed by atoms with Crippen LogP contribution >= 0.6 is 0 Å². The first-order chi connectivity index (χ1) is 7.38. The van der Waals surface area contributed by atoms with Gasteiger partial charge in [0.15, 0.2) is 0 Å². The Hall–Kier alpha value is -1.14. The van der Waals surface area contributed by atoms with E-state index in [0.717, 1.165) is 18.2 Å². The molecule has 0 bridgehead atoms. The third-order valence-corrected chi connectivity index (χ3v) is 2.17. The van der Waals surface area contributed by atoms with E-state index in [1.807, 2.05) is 0 Å². The standard InChI is InChI=1S/C10H11F4NO/c11-7-3-1-2-6(10(12,13)14)9(7)8(15)4-5-16/h1-3,8,16H,4-5,15H2. The zero-order valence-corrected chi connectivity index (χ0v) is 8.26. The van der Waals surface area contributed by atoms with Crippen LogP contribution in [0.1, 0.15) is 23.6 Å². The molecule has 0 heterocycles. The minimum absolute atomic E-state index is 0.121. The van der Waals surface area contributed by atoms with Gasteiger partial charge in [0, 0.05) is 18.2 Å². The van der Waals surface area contributed by atoms with Crippen molar-refractivity contribution in [3.05, 3.63) is 35.1 Å². The molecule has 16 heavy (non-hydrogen) atoms. The fraction of sp³-hybridized carbons (Fsp3) is 0.400. The van der Waals surface area contributed by atoms with Gasteiger partial charge in [-0.1, -0.05) is 6.07 Å². The molecule has 1 atom stereocenters. The van der Waals surface area contributed by atoms with Gasteiger partial charge in [-0.3, -0.25) is 0 Å². The van der Waals surface area contributed by atoms with E-state index >= 15 is 0 Å². The quantitative estimate of drug-likeness (QED) is 0.792. The maximum atomic E-state index is 13.3. The number of hydrogen-bond acceptors (Lipinski definition) is 2. The highest BCUT2D eigenvalue weighted by Gasteiger charge is 2.35. The lowest BCUT2D eigenvalue weighted by molar-refractivity contribution is -0.138. The Balaban J connectivity index is 3.24. The Kier molecular flexibility index (Phi) is 3.88. The van der Waals surface area contributed by atoms with E-state index in [4.69, 9.17) is 10.8 Å². The number of nitrogens with two attached hydrogens (primary N) is 1. The summed E-state index contributed by atoms with van der Waals surface area (Å²) in [6, 6.07) is 1.51. The Morgan fingerprint density at radius 3 is 2.44 bits per heavy atom. The average Bonchev–Trinajstić information content (AvgIpc) is 2.16. The van der Waals surface area contributed by atoms with Crippen molar-refractivity contribution in [2.45, 2.75) is 18.6 Å². The van der Waals surface area contributed by atoms with Crippen LogP contribution in [0.3, 0.4) is 0 Å². The predicted molar refractivity (Wildman–Crippen MR) is 50.0 cm³/mol. The second kappa shape index (κ2) is 4.80. The topological polar surface area (TPSA) is 46.2 Å². The first-order valence-corrected chi connectivity index (χ1v) is 4.60. The zero-order chi connectivity index (χ0) is 12.3. The maximum absolute atomic E-state index is 13.3.